The van der Waals surface area contributed by atoms with Gasteiger partial charge in [0.05, 0.1) is 12.6 Å². The van der Waals surface area contributed by atoms with Gasteiger partial charge in [0.1, 0.15) is 5.01 Å². The highest BCUT2D eigenvalue weighted by atomic mass is 32.1. The van der Waals surface area contributed by atoms with E-state index < -0.39 is 22.8 Å². The number of amides is 2. The molecule has 0 aliphatic carbocycles. The molecular formula is C21H21N3O3S2. The van der Waals surface area contributed by atoms with E-state index in [4.69, 9.17) is 0 Å². The van der Waals surface area contributed by atoms with Crippen molar-refractivity contribution in [3.63, 3.8) is 0 Å². The van der Waals surface area contributed by atoms with E-state index in [1.807, 2.05) is 30.3 Å². The number of carbonyl (C=O) groups is 2. The number of benzene rings is 2. The summed E-state index contributed by atoms with van der Waals surface area (Å²) < 4.78 is 0. The van der Waals surface area contributed by atoms with Crippen LogP contribution in [0.15, 0.2) is 72.2 Å². The summed E-state index contributed by atoms with van der Waals surface area (Å²) in [4.78, 5) is 27.3. The van der Waals surface area contributed by atoms with Gasteiger partial charge in [0.15, 0.2) is 0 Å². The van der Waals surface area contributed by atoms with Gasteiger partial charge in [-0.2, -0.15) is 0 Å². The van der Waals surface area contributed by atoms with Crippen LogP contribution in [0, 0.1) is 0 Å². The van der Waals surface area contributed by atoms with Crippen LogP contribution in [-0.4, -0.2) is 32.9 Å². The van der Waals surface area contributed by atoms with E-state index in [0.717, 1.165) is 5.56 Å². The Morgan fingerprint density at radius 2 is 1.76 bits per heavy atom. The molecule has 2 atom stereocenters. The first kappa shape index (κ1) is 21.0. The molecule has 3 N–H and O–H groups in total. The zero-order chi connectivity index (χ0) is 20.7. The van der Waals surface area contributed by atoms with Crippen molar-refractivity contribution in [3.8, 4) is 0 Å². The number of nitrogens with one attached hydrogen (secondary N) is 2. The van der Waals surface area contributed by atoms with Crippen LogP contribution in [0.2, 0.25) is 0 Å². The molecule has 0 bridgehead atoms. The molecule has 2 amide bonds. The Kier molecular flexibility index (Phi) is 7.03. The minimum atomic E-state index is -2.13. The fraction of sp³-hybridized carbons (Fsp3) is 0.190. The van der Waals surface area contributed by atoms with Crippen LogP contribution in [0.3, 0.4) is 0 Å². The van der Waals surface area contributed by atoms with Crippen LogP contribution in [0.1, 0.15) is 20.9 Å². The molecule has 0 fully saturated rings. The summed E-state index contributed by atoms with van der Waals surface area (Å²) >= 11 is 5.63. The third-order valence-electron chi connectivity index (χ3n) is 4.33. The van der Waals surface area contributed by atoms with Crippen LogP contribution in [0.25, 0.3) is 0 Å². The Hall–Kier alpha value is -2.68. The number of aliphatic hydroxyl groups is 1. The van der Waals surface area contributed by atoms with Gasteiger partial charge in [-0.25, -0.2) is 4.98 Å². The van der Waals surface area contributed by atoms with Crippen molar-refractivity contribution < 1.29 is 14.7 Å². The van der Waals surface area contributed by atoms with Crippen molar-refractivity contribution in [1.82, 2.24) is 15.6 Å². The molecule has 8 heteroatoms. The van der Waals surface area contributed by atoms with Crippen molar-refractivity contribution in [2.24, 2.45) is 0 Å². The molecule has 150 valence electrons. The smallest absolute Gasteiger partial charge is 0.264 e. The molecule has 0 saturated heterocycles. The molecule has 0 saturated carbocycles. The molecule has 29 heavy (non-hydrogen) atoms. The molecule has 0 aliphatic rings. The van der Waals surface area contributed by atoms with E-state index in [1.54, 1.807) is 41.9 Å². The lowest BCUT2D eigenvalue weighted by atomic mass is 9.99. The largest absolute Gasteiger partial charge is 0.369 e. The number of thiol groups is 1. The predicted octanol–water partition coefficient (Wildman–Crippen LogP) is 2.42. The summed E-state index contributed by atoms with van der Waals surface area (Å²) in [6, 6.07) is 17.0. The van der Waals surface area contributed by atoms with Crippen molar-refractivity contribution in [2.45, 2.75) is 23.9 Å². The second-order valence-electron chi connectivity index (χ2n) is 6.42. The molecule has 0 radical (unpaired) electrons. The summed E-state index contributed by atoms with van der Waals surface area (Å²) in [5.74, 6) is -1.10. The molecule has 3 rings (SSSR count). The van der Waals surface area contributed by atoms with Gasteiger partial charge in [0.25, 0.3) is 11.8 Å². The summed E-state index contributed by atoms with van der Waals surface area (Å²) in [6.07, 6.45) is 1.86. The van der Waals surface area contributed by atoms with Gasteiger partial charge in [0.2, 0.25) is 4.93 Å². The summed E-state index contributed by atoms with van der Waals surface area (Å²) in [5, 5.41) is 18.8. The number of hydrogen-bond acceptors (Lipinski definition) is 6. The minimum Gasteiger partial charge on any atom is -0.369 e. The maximum absolute atomic E-state index is 12.7. The molecule has 1 heterocycles. The number of hydrogen-bond donors (Lipinski definition) is 4. The van der Waals surface area contributed by atoms with E-state index in [-0.39, 0.29) is 13.0 Å². The lowest BCUT2D eigenvalue weighted by Crippen LogP contribution is -2.58. The SMILES string of the molecule is O=C(N[C@H](Cc1ccccc1)[C@@](O)(S)C(=O)NCc1nccs1)c1ccccc1. The van der Waals surface area contributed by atoms with Gasteiger partial charge in [-0.3, -0.25) is 9.59 Å². The predicted molar refractivity (Wildman–Crippen MR) is 116 cm³/mol. The maximum Gasteiger partial charge on any atom is 0.264 e. The van der Waals surface area contributed by atoms with E-state index in [9.17, 15) is 14.7 Å². The van der Waals surface area contributed by atoms with Gasteiger partial charge in [0, 0.05) is 17.1 Å². The Morgan fingerprint density at radius 3 is 2.38 bits per heavy atom. The summed E-state index contributed by atoms with van der Waals surface area (Å²) in [5.41, 5.74) is 1.28. The average Bonchev–Trinajstić information content (AvgIpc) is 3.26. The summed E-state index contributed by atoms with van der Waals surface area (Å²) in [6.45, 7) is 0.171. The zero-order valence-corrected chi connectivity index (χ0v) is 17.2. The Bertz CT molecular complexity index is 932. The first-order valence-electron chi connectivity index (χ1n) is 8.98. The fourth-order valence-corrected chi connectivity index (χ4v) is 3.55. The van der Waals surface area contributed by atoms with E-state index in [1.165, 1.54) is 11.3 Å². The van der Waals surface area contributed by atoms with Crippen molar-refractivity contribution in [1.29, 1.82) is 0 Å². The van der Waals surface area contributed by atoms with Gasteiger partial charge >= 0.3 is 0 Å². The molecule has 3 aromatic rings. The van der Waals surface area contributed by atoms with Gasteiger partial charge in [-0.15, -0.1) is 24.0 Å². The highest BCUT2D eigenvalue weighted by molar-refractivity contribution is 7.82. The van der Waals surface area contributed by atoms with Crippen molar-refractivity contribution in [2.75, 3.05) is 0 Å². The second-order valence-corrected chi connectivity index (χ2v) is 8.08. The minimum absolute atomic E-state index is 0.171. The standard InChI is InChI=1S/C21H21N3O3S2/c25-19(16-9-5-2-6-10-16)24-17(13-15-7-3-1-4-8-15)21(27,28)20(26)23-14-18-22-11-12-29-18/h1-12,17,27-28H,13-14H2,(H,23,26)(H,24,25)/t17-,21-/m1/s1. The van der Waals surface area contributed by atoms with Gasteiger partial charge < -0.3 is 15.7 Å². The Morgan fingerprint density at radius 1 is 1.10 bits per heavy atom. The number of rotatable bonds is 8. The molecule has 1 aromatic heterocycles. The first-order chi connectivity index (χ1) is 14.0. The lowest BCUT2D eigenvalue weighted by molar-refractivity contribution is -0.133. The molecule has 6 nitrogen and oxygen atoms in total. The monoisotopic (exact) mass is 427 g/mol. The molecule has 2 aromatic carbocycles. The van der Waals surface area contributed by atoms with E-state index in [0.29, 0.717) is 10.6 Å². The van der Waals surface area contributed by atoms with Gasteiger partial charge in [-0.1, -0.05) is 48.5 Å². The Balaban J connectivity index is 1.78. The average molecular weight is 428 g/mol. The third kappa shape index (κ3) is 5.66. The normalized spacial score (nSPS) is 13.9. The van der Waals surface area contributed by atoms with Crippen molar-refractivity contribution in [3.05, 3.63) is 88.4 Å². The topological polar surface area (TPSA) is 91.3 Å². The molecular weight excluding hydrogens is 406 g/mol. The number of thiazole rings is 1. The third-order valence-corrected chi connectivity index (χ3v) is 5.62. The highest BCUT2D eigenvalue weighted by Crippen LogP contribution is 2.21. The molecule has 0 spiro atoms. The van der Waals surface area contributed by atoms with Crippen LogP contribution in [0.4, 0.5) is 0 Å². The lowest BCUT2D eigenvalue weighted by Gasteiger charge is -2.31. The molecule has 0 unspecified atom stereocenters. The van der Waals surface area contributed by atoms with Gasteiger partial charge in [-0.05, 0) is 24.1 Å². The number of carbonyl (C=O) groups excluding carboxylic acids is 2. The second kappa shape index (κ2) is 9.69. The maximum atomic E-state index is 12.7. The molecule has 0 aliphatic heterocycles. The first-order valence-corrected chi connectivity index (χ1v) is 10.3. The van der Waals surface area contributed by atoms with Crippen molar-refractivity contribution >= 4 is 35.8 Å². The van der Waals surface area contributed by atoms with Crippen LogP contribution < -0.4 is 10.6 Å². The fourth-order valence-electron chi connectivity index (χ4n) is 2.76. The van der Waals surface area contributed by atoms with Crippen LogP contribution >= 0.6 is 24.0 Å². The van der Waals surface area contributed by atoms with E-state index in [2.05, 4.69) is 28.2 Å². The zero-order valence-electron chi connectivity index (χ0n) is 15.5. The summed E-state index contributed by atoms with van der Waals surface area (Å²) in [7, 11) is 0. The number of aromatic nitrogens is 1. The Labute approximate surface area is 178 Å². The quantitative estimate of drug-likeness (QED) is 0.328. The van der Waals surface area contributed by atoms with Crippen LogP contribution in [-0.2, 0) is 17.8 Å². The number of nitrogens with zero attached hydrogens (tertiary/aromatic N) is 1. The van der Waals surface area contributed by atoms with Crippen LogP contribution in [0.5, 0.6) is 0 Å². The van der Waals surface area contributed by atoms with E-state index >= 15 is 0 Å². The highest BCUT2D eigenvalue weighted by Gasteiger charge is 2.41.